The lowest BCUT2D eigenvalue weighted by Gasteiger charge is -2.24. The highest BCUT2D eigenvalue weighted by atomic mass is 35.5. The van der Waals surface area contributed by atoms with E-state index in [0.29, 0.717) is 29.3 Å². The van der Waals surface area contributed by atoms with E-state index in [1.165, 1.54) is 6.92 Å². The molecule has 1 aromatic rings. The number of amides is 2. The topological polar surface area (TPSA) is 70.7 Å². The van der Waals surface area contributed by atoms with E-state index in [-0.39, 0.29) is 38.0 Å². The maximum absolute atomic E-state index is 12.6. The Morgan fingerprint density at radius 2 is 2.12 bits per heavy atom. The summed E-state index contributed by atoms with van der Waals surface area (Å²) in [7, 11) is 0. The van der Waals surface area contributed by atoms with Crippen LogP contribution in [0, 0.1) is 0 Å². The van der Waals surface area contributed by atoms with Crippen molar-refractivity contribution in [1.82, 2.24) is 10.2 Å². The number of nitrogens with zero attached hydrogens (tertiary/aromatic N) is 1. The zero-order chi connectivity index (χ0) is 18.4. The van der Waals surface area contributed by atoms with Gasteiger partial charge in [0.2, 0.25) is 5.91 Å². The van der Waals surface area contributed by atoms with E-state index in [1.807, 2.05) is 0 Å². The van der Waals surface area contributed by atoms with Gasteiger partial charge >= 0.3 is 12.1 Å². The summed E-state index contributed by atoms with van der Waals surface area (Å²) >= 11 is 0. The molecule has 2 N–H and O–H groups in total. The van der Waals surface area contributed by atoms with Gasteiger partial charge in [0, 0.05) is 25.3 Å². The molecule has 1 heterocycles. The van der Waals surface area contributed by atoms with Gasteiger partial charge in [0.05, 0.1) is 13.2 Å². The van der Waals surface area contributed by atoms with E-state index in [0.717, 1.165) is 0 Å². The molecule has 6 nitrogen and oxygen atoms in total. The number of morpholine rings is 1. The van der Waals surface area contributed by atoms with Gasteiger partial charge in [0.25, 0.3) is 0 Å². The molecule has 26 heavy (non-hydrogen) atoms. The van der Waals surface area contributed by atoms with E-state index < -0.39 is 18.1 Å². The molecule has 0 aromatic heterocycles. The average molecular weight is 396 g/mol. The van der Waals surface area contributed by atoms with E-state index in [9.17, 15) is 22.8 Å². The van der Waals surface area contributed by atoms with E-state index in [2.05, 4.69) is 10.6 Å². The van der Waals surface area contributed by atoms with Gasteiger partial charge in [0.15, 0.2) is 0 Å². The Morgan fingerprint density at radius 3 is 2.69 bits per heavy atom. The molecular formula is C16H21ClF3N3O3. The Hall–Kier alpha value is -1.84. The van der Waals surface area contributed by atoms with Crippen molar-refractivity contribution in [2.45, 2.75) is 25.7 Å². The standard InChI is InChI=1S/C16H20F3N3O3.ClH/c1-2-22(15(24)16(17,18)19)9-11-4-3-5-12(8-11)21-14(23)13-10-25-7-6-20-13;/h3-5,8,13,20H,2,6-7,9-10H2,1H3,(H,21,23);1H. The Balaban J connectivity index is 0.00000338. The summed E-state index contributed by atoms with van der Waals surface area (Å²) in [5, 5.41) is 5.71. The molecule has 2 rings (SSSR count). The van der Waals surface area contributed by atoms with Crippen molar-refractivity contribution in [2.75, 3.05) is 31.6 Å². The van der Waals surface area contributed by atoms with Crippen LogP contribution in [-0.4, -0.2) is 55.2 Å². The van der Waals surface area contributed by atoms with Gasteiger partial charge in [-0.25, -0.2) is 0 Å². The molecule has 0 bridgehead atoms. The third-order valence-corrected chi connectivity index (χ3v) is 3.72. The lowest BCUT2D eigenvalue weighted by Crippen LogP contribution is -2.48. The molecule has 1 saturated heterocycles. The molecule has 1 fully saturated rings. The quantitative estimate of drug-likeness (QED) is 0.799. The number of nitrogens with one attached hydrogen (secondary N) is 2. The molecule has 146 valence electrons. The zero-order valence-corrected chi connectivity index (χ0v) is 15.0. The first-order chi connectivity index (χ1) is 11.8. The fraction of sp³-hybridized carbons (Fsp3) is 0.500. The number of alkyl halides is 3. The van der Waals surface area contributed by atoms with E-state index >= 15 is 0 Å². The largest absolute Gasteiger partial charge is 0.471 e. The minimum absolute atomic E-state index is 0. The minimum Gasteiger partial charge on any atom is -0.378 e. The van der Waals surface area contributed by atoms with Gasteiger partial charge in [-0.05, 0) is 24.6 Å². The summed E-state index contributed by atoms with van der Waals surface area (Å²) in [6.45, 7) is 2.59. The minimum atomic E-state index is -4.91. The number of rotatable bonds is 5. The Morgan fingerprint density at radius 1 is 1.38 bits per heavy atom. The zero-order valence-electron chi connectivity index (χ0n) is 14.1. The van der Waals surface area contributed by atoms with Crippen LogP contribution < -0.4 is 10.6 Å². The van der Waals surface area contributed by atoms with Gasteiger partial charge in [0.1, 0.15) is 6.04 Å². The van der Waals surface area contributed by atoms with Gasteiger partial charge < -0.3 is 20.3 Å². The second-order valence-corrected chi connectivity index (χ2v) is 5.59. The van der Waals surface area contributed by atoms with Crippen LogP contribution in [0.4, 0.5) is 18.9 Å². The summed E-state index contributed by atoms with van der Waals surface area (Å²) in [6, 6.07) is 5.92. The monoisotopic (exact) mass is 395 g/mol. The molecule has 1 aliphatic rings. The fourth-order valence-electron chi connectivity index (χ4n) is 2.44. The number of hydrogen-bond donors (Lipinski definition) is 2. The van der Waals surface area contributed by atoms with Gasteiger partial charge in [-0.3, -0.25) is 9.59 Å². The van der Waals surface area contributed by atoms with Crippen molar-refractivity contribution in [3.8, 4) is 0 Å². The Labute approximate surface area is 155 Å². The summed E-state index contributed by atoms with van der Waals surface area (Å²) < 4.78 is 43.0. The molecule has 0 aliphatic carbocycles. The molecule has 1 aliphatic heterocycles. The highest BCUT2D eigenvalue weighted by Crippen LogP contribution is 2.21. The van der Waals surface area contributed by atoms with Gasteiger partial charge in [-0.2, -0.15) is 13.2 Å². The second-order valence-electron chi connectivity index (χ2n) is 5.59. The normalized spacial score (nSPS) is 17.2. The maximum Gasteiger partial charge on any atom is 0.471 e. The average Bonchev–Trinajstić information content (AvgIpc) is 2.59. The number of halogens is 4. The maximum atomic E-state index is 12.6. The highest BCUT2D eigenvalue weighted by molar-refractivity contribution is 5.95. The summed E-state index contributed by atoms with van der Waals surface area (Å²) in [5.41, 5.74) is 0.940. The molecule has 1 atom stereocenters. The lowest BCUT2D eigenvalue weighted by atomic mass is 10.1. The first kappa shape index (κ1) is 22.2. The predicted molar refractivity (Wildman–Crippen MR) is 92.1 cm³/mol. The molecule has 0 radical (unpaired) electrons. The number of benzene rings is 1. The van der Waals surface area contributed by atoms with Gasteiger partial charge in [-0.1, -0.05) is 12.1 Å². The summed E-state index contributed by atoms with van der Waals surface area (Å²) in [4.78, 5) is 24.2. The SMILES string of the molecule is CCN(Cc1cccc(NC(=O)C2COCCN2)c1)C(=O)C(F)(F)F.Cl. The Kier molecular flexibility index (Phi) is 8.32. The van der Waals surface area contributed by atoms with Crippen molar-refractivity contribution in [3.63, 3.8) is 0 Å². The summed E-state index contributed by atoms with van der Waals surface area (Å²) in [6.07, 6.45) is -4.91. The van der Waals surface area contributed by atoms with Crippen molar-refractivity contribution in [2.24, 2.45) is 0 Å². The fourth-order valence-corrected chi connectivity index (χ4v) is 2.44. The molecule has 1 unspecified atom stereocenters. The van der Waals surface area contributed by atoms with Crippen LogP contribution in [0.1, 0.15) is 12.5 Å². The molecule has 0 saturated carbocycles. The highest BCUT2D eigenvalue weighted by Gasteiger charge is 2.41. The predicted octanol–water partition coefficient (Wildman–Crippen LogP) is 1.95. The van der Waals surface area contributed by atoms with E-state index in [1.54, 1.807) is 24.3 Å². The number of anilines is 1. The molecule has 2 amide bonds. The molecule has 1 aromatic carbocycles. The second kappa shape index (κ2) is 9.75. The van der Waals surface area contributed by atoms with Crippen LogP contribution in [-0.2, 0) is 20.9 Å². The number of carbonyl (C=O) groups is 2. The van der Waals surface area contributed by atoms with Crippen molar-refractivity contribution < 1.29 is 27.5 Å². The van der Waals surface area contributed by atoms with Crippen molar-refractivity contribution >= 4 is 29.9 Å². The van der Waals surface area contributed by atoms with Crippen LogP contribution >= 0.6 is 12.4 Å². The van der Waals surface area contributed by atoms with Crippen LogP contribution in [0.25, 0.3) is 0 Å². The van der Waals surface area contributed by atoms with Crippen LogP contribution in [0.2, 0.25) is 0 Å². The van der Waals surface area contributed by atoms with Crippen LogP contribution in [0.5, 0.6) is 0 Å². The molecular weight excluding hydrogens is 375 g/mol. The molecule has 0 spiro atoms. The lowest BCUT2D eigenvalue weighted by molar-refractivity contribution is -0.185. The van der Waals surface area contributed by atoms with E-state index in [4.69, 9.17) is 4.74 Å². The summed E-state index contributed by atoms with van der Waals surface area (Å²) in [5.74, 6) is -2.16. The number of ether oxygens (including phenoxy) is 1. The van der Waals surface area contributed by atoms with Crippen molar-refractivity contribution in [1.29, 1.82) is 0 Å². The van der Waals surface area contributed by atoms with Crippen molar-refractivity contribution in [3.05, 3.63) is 29.8 Å². The molecule has 10 heteroatoms. The van der Waals surface area contributed by atoms with Crippen LogP contribution in [0.3, 0.4) is 0 Å². The smallest absolute Gasteiger partial charge is 0.378 e. The first-order valence-electron chi connectivity index (χ1n) is 7.88. The third-order valence-electron chi connectivity index (χ3n) is 3.72. The van der Waals surface area contributed by atoms with Gasteiger partial charge in [-0.15, -0.1) is 12.4 Å². The first-order valence-corrected chi connectivity index (χ1v) is 7.88. The number of carbonyl (C=O) groups excluding carboxylic acids is 2. The van der Waals surface area contributed by atoms with Crippen LogP contribution in [0.15, 0.2) is 24.3 Å². The third kappa shape index (κ3) is 6.15. The number of hydrogen-bond acceptors (Lipinski definition) is 4. The Bertz CT molecular complexity index is 622.